The number of aryl methyl sites for hydroxylation is 1. The van der Waals surface area contributed by atoms with Gasteiger partial charge < -0.3 is 10.1 Å². The van der Waals surface area contributed by atoms with Crippen LogP contribution in [0.1, 0.15) is 29.5 Å². The highest BCUT2D eigenvalue weighted by Crippen LogP contribution is 2.24. The molecule has 1 amide bonds. The minimum absolute atomic E-state index is 0.212. The van der Waals surface area contributed by atoms with Crippen molar-refractivity contribution in [1.82, 2.24) is 15.1 Å². The van der Waals surface area contributed by atoms with Crippen molar-refractivity contribution in [2.24, 2.45) is 0 Å². The van der Waals surface area contributed by atoms with Gasteiger partial charge in [-0.25, -0.2) is 0 Å². The van der Waals surface area contributed by atoms with E-state index in [1.54, 1.807) is 6.08 Å². The Hall–Kier alpha value is -3.67. The summed E-state index contributed by atoms with van der Waals surface area (Å²) < 4.78 is 6.48. The number of hydrogen-bond acceptors (Lipinski definition) is 4. The van der Waals surface area contributed by atoms with E-state index in [4.69, 9.17) is 5.10 Å². The highest BCUT2D eigenvalue weighted by Gasteiger charge is 2.10. The average Bonchev–Trinajstić information content (AvgIpc) is 3.18. The summed E-state index contributed by atoms with van der Waals surface area (Å²) in [5, 5.41) is 7.55. The summed E-state index contributed by atoms with van der Waals surface area (Å²) in [6, 6.07) is 18.3. The number of carbonyl (C=O) groups excluding carboxylic acids is 2. The van der Waals surface area contributed by atoms with E-state index in [-0.39, 0.29) is 18.3 Å². The molecule has 2 aromatic carbocycles. The minimum Gasteiger partial charge on any atom is -0.469 e. The molecule has 0 bridgehead atoms. The van der Waals surface area contributed by atoms with E-state index in [1.165, 1.54) is 18.7 Å². The Morgan fingerprint density at radius 1 is 1.10 bits per heavy atom. The summed E-state index contributed by atoms with van der Waals surface area (Å²) >= 11 is 0. The van der Waals surface area contributed by atoms with Crippen molar-refractivity contribution in [2.75, 3.05) is 13.7 Å². The van der Waals surface area contributed by atoms with Gasteiger partial charge in [-0.1, -0.05) is 60.2 Å². The van der Waals surface area contributed by atoms with Crippen LogP contribution >= 0.6 is 0 Å². The zero-order valence-corrected chi connectivity index (χ0v) is 17.9. The van der Waals surface area contributed by atoms with Crippen LogP contribution in [0.3, 0.4) is 0 Å². The lowest BCUT2D eigenvalue weighted by atomic mass is 10.1. The molecule has 0 aliphatic rings. The number of esters is 1. The second kappa shape index (κ2) is 10.9. The number of methoxy groups -OCH3 is 1. The molecule has 0 aliphatic heterocycles. The van der Waals surface area contributed by atoms with E-state index < -0.39 is 0 Å². The number of ether oxygens (including phenoxy) is 1. The topological polar surface area (TPSA) is 73.2 Å². The van der Waals surface area contributed by atoms with Gasteiger partial charge in [-0.2, -0.15) is 5.10 Å². The molecule has 3 rings (SSSR count). The number of carbonyl (C=O) groups is 2. The Kier molecular flexibility index (Phi) is 7.76. The monoisotopic (exact) mass is 417 g/mol. The summed E-state index contributed by atoms with van der Waals surface area (Å²) in [5.41, 5.74) is 5.01. The van der Waals surface area contributed by atoms with Crippen LogP contribution in [-0.4, -0.2) is 35.3 Å². The number of nitrogens with zero attached hydrogens (tertiary/aromatic N) is 2. The third-order valence-corrected chi connectivity index (χ3v) is 4.80. The Morgan fingerprint density at radius 3 is 2.55 bits per heavy atom. The normalized spacial score (nSPS) is 10.9. The molecule has 0 radical (unpaired) electrons. The maximum atomic E-state index is 12.2. The quantitative estimate of drug-likeness (QED) is 0.325. The van der Waals surface area contributed by atoms with Gasteiger partial charge in [0.1, 0.15) is 0 Å². The molecule has 1 heterocycles. The third-order valence-electron chi connectivity index (χ3n) is 4.80. The highest BCUT2D eigenvalue weighted by molar-refractivity contribution is 5.92. The fourth-order valence-electron chi connectivity index (χ4n) is 3.12. The van der Waals surface area contributed by atoms with Crippen molar-refractivity contribution in [3.05, 3.63) is 83.6 Å². The van der Waals surface area contributed by atoms with E-state index in [1.807, 2.05) is 60.3 Å². The smallest absolute Gasteiger partial charge is 0.305 e. The number of nitrogens with one attached hydrogen (secondary N) is 1. The lowest BCUT2D eigenvalue weighted by molar-refractivity contribution is -0.140. The first-order chi connectivity index (χ1) is 15.0. The predicted molar refractivity (Wildman–Crippen MR) is 121 cm³/mol. The first kappa shape index (κ1) is 22.0. The van der Waals surface area contributed by atoms with Gasteiger partial charge in [0.15, 0.2) is 0 Å². The zero-order valence-electron chi connectivity index (χ0n) is 17.9. The molecule has 0 spiro atoms. The van der Waals surface area contributed by atoms with Crippen LogP contribution in [0.5, 0.6) is 0 Å². The summed E-state index contributed by atoms with van der Waals surface area (Å²) in [6.07, 6.45) is 6.04. The molecule has 1 aromatic heterocycles. The number of aromatic nitrogens is 2. The summed E-state index contributed by atoms with van der Waals surface area (Å²) in [4.78, 5) is 23.3. The van der Waals surface area contributed by atoms with Gasteiger partial charge in [0, 0.05) is 36.4 Å². The van der Waals surface area contributed by atoms with Crippen LogP contribution in [0.4, 0.5) is 0 Å². The van der Waals surface area contributed by atoms with Crippen molar-refractivity contribution >= 4 is 18.0 Å². The van der Waals surface area contributed by atoms with Crippen LogP contribution in [0.15, 0.2) is 66.9 Å². The maximum absolute atomic E-state index is 12.2. The molecule has 1 N–H and O–H groups in total. The Bertz CT molecular complexity index is 1040. The van der Waals surface area contributed by atoms with Crippen molar-refractivity contribution in [2.45, 2.75) is 26.3 Å². The summed E-state index contributed by atoms with van der Waals surface area (Å²) in [7, 11) is 1.35. The standard InChI is InChI=1S/C25H27N3O3/c1-19-10-12-21(13-11-19)25-22(14-15-23(29)26-16-6-9-24(30)31-2)18-28(27-25)17-20-7-4-3-5-8-20/h3-5,7-8,10-15,18H,6,9,16-17H2,1-2H3,(H,26,29)/b15-14+. The fourth-order valence-corrected chi connectivity index (χ4v) is 3.12. The largest absolute Gasteiger partial charge is 0.469 e. The van der Waals surface area contributed by atoms with E-state index in [9.17, 15) is 9.59 Å². The fraction of sp³-hybridized carbons (Fsp3) is 0.240. The molecular weight excluding hydrogens is 390 g/mol. The minimum atomic E-state index is -0.279. The van der Waals surface area contributed by atoms with Crippen molar-refractivity contribution in [3.63, 3.8) is 0 Å². The molecule has 6 heteroatoms. The van der Waals surface area contributed by atoms with Gasteiger partial charge in [0.2, 0.25) is 5.91 Å². The SMILES string of the molecule is COC(=O)CCCNC(=O)/C=C/c1cn(Cc2ccccc2)nc1-c1ccc(C)cc1. The van der Waals surface area contributed by atoms with E-state index in [2.05, 4.69) is 22.2 Å². The Morgan fingerprint density at radius 2 is 1.84 bits per heavy atom. The number of benzene rings is 2. The number of amides is 1. The molecule has 0 unspecified atom stereocenters. The molecule has 6 nitrogen and oxygen atoms in total. The van der Waals surface area contributed by atoms with Crippen LogP contribution in [0.25, 0.3) is 17.3 Å². The summed E-state index contributed by atoms with van der Waals surface area (Å²) in [5.74, 6) is -0.492. The lowest BCUT2D eigenvalue weighted by Crippen LogP contribution is -2.22. The Balaban J connectivity index is 1.74. The first-order valence-corrected chi connectivity index (χ1v) is 10.3. The molecule has 0 atom stereocenters. The van der Waals surface area contributed by atoms with Crippen molar-refractivity contribution < 1.29 is 14.3 Å². The van der Waals surface area contributed by atoms with Gasteiger partial charge in [-0.15, -0.1) is 0 Å². The second-order valence-electron chi connectivity index (χ2n) is 7.29. The van der Waals surface area contributed by atoms with E-state index in [0.717, 1.165) is 22.4 Å². The second-order valence-corrected chi connectivity index (χ2v) is 7.29. The highest BCUT2D eigenvalue weighted by atomic mass is 16.5. The summed E-state index contributed by atoms with van der Waals surface area (Å²) in [6.45, 7) is 3.10. The molecular formula is C25H27N3O3. The van der Waals surface area contributed by atoms with Crippen molar-refractivity contribution in [1.29, 1.82) is 0 Å². The average molecular weight is 418 g/mol. The number of rotatable bonds is 9. The molecule has 3 aromatic rings. The Labute approximate surface area is 182 Å². The van der Waals surface area contributed by atoms with Gasteiger partial charge in [-0.05, 0) is 25.0 Å². The third kappa shape index (κ3) is 6.67. The van der Waals surface area contributed by atoms with E-state index >= 15 is 0 Å². The van der Waals surface area contributed by atoms with Gasteiger partial charge >= 0.3 is 5.97 Å². The molecule has 31 heavy (non-hydrogen) atoms. The maximum Gasteiger partial charge on any atom is 0.305 e. The van der Waals surface area contributed by atoms with Crippen LogP contribution < -0.4 is 5.32 Å². The molecule has 0 saturated heterocycles. The zero-order chi connectivity index (χ0) is 22.1. The van der Waals surface area contributed by atoms with Crippen LogP contribution in [0.2, 0.25) is 0 Å². The molecule has 160 valence electrons. The molecule has 0 saturated carbocycles. The van der Waals surface area contributed by atoms with E-state index in [0.29, 0.717) is 19.5 Å². The van der Waals surface area contributed by atoms with Gasteiger partial charge in [-0.3, -0.25) is 14.3 Å². The van der Waals surface area contributed by atoms with Crippen LogP contribution in [-0.2, 0) is 20.9 Å². The van der Waals surface area contributed by atoms with Crippen molar-refractivity contribution in [3.8, 4) is 11.3 Å². The predicted octanol–water partition coefficient (Wildman–Crippen LogP) is 3.99. The molecule has 0 aliphatic carbocycles. The lowest BCUT2D eigenvalue weighted by Gasteiger charge is -2.02. The van der Waals surface area contributed by atoms with Gasteiger partial charge in [0.05, 0.1) is 19.3 Å². The van der Waals surface area contributed by atoms with Gasteiger partial charge in [0.25, 0.3) is 0 Å². The van der Waals surface area contributed by atoms with Crippen LogP contribution in [0, 0.1) is 6.92 Å². The first-order valence-electron chi connectivity index (χ1n) is 10.3. The number of hydrogen-bond donors (Lipinski definition) is 1. The molecule has 0 fully saturated rings.